The number of hydrogen-bond acceptors (Lipinski definition) is 4. The molecule has 0 N–H and O–H groups in total. The molecule has 0 saturated carbocycles. The van der Waals surface area contributed by atoms with Crippen LogP contribution in [0.2, 0.25) is 0 Å². The van der Waals surface area contributed by atoms with Crippen molar-refractivity contribution in [3.05, 3.63) is 18.0 Å². The summed E-state index contributed by atoms with van der Waals surface area (Å²) < 4.78 is 7.90. The van der Waals surface area contributed by atoms with Gasteiger partial charge in [-0.25, -0.2) is 0 Å². The van der Waals surface area contributed by atoms with E-state index in [0.29, 0.717) is 19.8 Å². The molecule has 2 saturated heterocycles. The van der Waals surface area contributed by atoms with Gasteiger partial charge in [0.2, 0.25) is 11.8 Å². The Morgan fingerprint density at radius 1 is 1.46 bits per heavy atom. The van der Waals surface area contributed by atoms with Crippen LogP contribution >= 0.6 is 0 Å². The van der Waals surface area contributed by atoms with E-state index in [2.05, 4.69) is 18.9 Å². The molecule has 2 atom stereocenters. The Kier molecular flexibility index (Phi) is 4.89. The number of amides is 2. The molecule has 24 heavy (non-hydrogen) atoms. The van der Waals surface area contributed by atoms with E-state index in [9.17, 15) is 9.59 Å². The molecule has 0 spiro atoms. The Morgan fingerprint density at radius 3 is 2.92 bits per heavy atom. The van der Waals surface area contributed by atoms with Crippen LogP contribution in [0.4, 0.5) is 0 Å². The summed E-state index contributed by atoms with van der Waals surface area (Å²) in [5.74, 6) is -0.218. The van der Waals surface area contributed by atoms with Gasteiger partial charge in [0.1, 0.15) is 12.6 Å². The fraction of sp³-hybridized carbons (Fsp3) is 0.706. The van der Waals surface area contributed by atoms with Crippen molar-refractivity contribution in [1.82, 2.24) is 19.6 Å². The molecule has 0 unspecified atom stereocenters. The Labute approximate surface area is 142 Å². The molecule has 0 radical (unpaired) electrons. The predicted octanol–water partition coefficient (Wildman–Crippen LogP) is 1.58. The zero-order valence-corrected chi connectivity index (χ0v) is 14.6. The number of carbonyl (C=O) groups is 2. The number of carbonyl (C=O) groups excluding carboxylic acids is 2. The van der Waals surface area contributed by atoms with Crippen LogP contribution in [0.1, 0.15) is 51.5 Å². The van der Waals surface area contributed by atoms with Gasteiger partial charge in [0.15, 0.2) is 0 Å². The van der Waals surface area contributed by atoms with Crippen LogP contribution in [0.3, 0.4) is 0 Å². The molecule has 0 aromatic carbocycles. The number of nitrogens with zero attached hydrogens (tertiary/aromatic N) is 4. The number of hydrogen-bond donors (Lipinski definition) is 0. The zero-order chi connectivity index (χ0) is 17.3. The van der Waals surface area contributed by atoms with Gasteiger partial charge in [0, 0.05) is 25.4 Å². The minimum Gasteiger partial charge on any atom is -0.371 e. The highest BCUT2D eigenvalue weighted by Crippen LogP contribution is 2.36. The highest BCUT2D eigenvalue weighted by Gasteiger charge is 2.40. The van der Waals surface area contributed by atoms with Gasteiger partial charge in [-0.3, -0.25) is 14.3 Å². The summed E-state index contributed by atoms with van der Waals surface area (Å²) in [7, 11) is 0. The molecule has 132 valence electrons. The van der Waals surface area contributed by atoms with E-state index in [1.165, 1.54) is 0 Å². The monoisotopic (exact) mass is 334 g/mol. The first kappa shape index (κ1) is 17.0. The first-order valence-corrected chi connectivity index (χ1v) is 8.74. The Hall–Kier alpha value is -1.89. The lowest BCUT2D eigenvalue weighted by Gasteiger charge is -2.33. The second-order valence-electron chi connectivity index (χ2n) is 6.76. The summed E-state index contributed by atoms with van der Waals surface area (Å²) in [4.78, 5) is 28.3. The third-order valence-electron chi connectivity index (χ3n) is 4.83. The van der Waals surface area contributed by atoms with Gasteiger partial charge in [-0.1, -0.05) is 0 Å². The van der Waals surface area contributed by atoms with Crippen LogP contribution in [0, 0.1) is 5.92 Å². The maximum Gasteiger partial charge on any atom is 0.243 e. The Bertz CT molecular complexity index is 613. The van der Waals surface area contributed by atoms with Crippen LogP contribution in [-0.2, 0) is 14.3 Å². The van der Waals surface area contributed by atoms with Crippen molar-refractivity contribution < 1.29 is 14.3 Å². The van der Waals surface area contributed by atoms with Crippen molar-refractivity contribution in [2.24, 2.45) is 5.92 Å². The van der Waals surface area contributed by atoms with Crippen LogP contribution in [0.25, 0.3) is 0 Å². The lowest BCUT2D eigenvalue weighted by Crippen LogP contribution is -2.41. The Balaban J connectivity index is 1.81. The van der Waals surface area contributed by atoms with E-state index in [4.69, 9.17) is 4.74 Å². The normalized spacial score (nSPS) is 24.9. The van der Waals surface area contributed by atoms with Gasteiger partial charge in [-0.15, -0.1) is 0 Å². The first-order chi connectivity index (χ1) is 11.5. The molecule has 7 heteroatoms. The highest BCUT2D eigenvalue weighted by molar-refractivity contribution is 5.89. The molecule has 3 rings (SSSR count). The SMILES string of the molecule is CCN1CN(C(=O)[C@@H]2CCCO[C@H]2c2ccnn2C(C)C)CC1=O. The molecule has 2 fully saturated rings. The average Bonchev–Trinajstić information content (AvgIpc) is 3.20. The van der Waals surface area contributed by atoms with E-state index in [1.54, 1.807) is 16.0 Å². The molecular formula is C17H26N4O3. The second-order valence-corrected chi connectivity index (χ2v) is 6.76. The zero-order valence-electron chi connectivity index (χ0n) is 14.6. The summed E-state index contributed by atoms with van der Waals surface area (Å²) in [6.07, 6.45) is 3.11. The molecule has 7 nitrogen and oxygen atoms in total. The Morgan fingerprint density at radius 2 is 2.25 bits per heavy atom. The maximum absolute atomic E-state index is 13.0. The van der Waals surface area contributed by atoms with Gasteiger partial charge in [-0.2, -0.15) is 5.10 Å². The molecule has 1 aromatic heterocycles. The minimum atomic E-state index is -0.290. The van der Waals surface area contributed by atoms with E-state index < -0.39 is 0 Å². The number of aromatic nitrogens is 2. The molecule has 0 bridgehead atoms. The molecule has 3 heterocycles. The van der Waals surface area contributed by atoms with Crippen molar-refractivity contribution in [3.8, 4) is 0 Å². The summed E-state index contributed by atoms with van der Waals surface area (Å²) in [6.45, 7) is 7.91. The van der Waals surface area contributed by atoms with Gasteiger partial charge < -0.3 is 14.5 Å². The van der Waals surface area contributed by atoms with Crippen molar-refractivity contribution in [3.63, 3.8) is 0 Å². The quantitative estimate of drug-likeness (QED) is 0.838. The second kappa shape index (κ2) is 6.93. The van der Waals surface area contributed by atoms with E-state index in [1.807, 2.05) is 17.7 Å². The van der Waals surface area contributed by atoms with Crippen LogP contribution in [0.5, 0.6) is 0 Å². The number of likely N-dealkylation sites (N-methyl/N-ethyl adjacent to an activating group) is 1. The van der Waals surface area contributed by atoms with Crippen molar-refractivity contribution in [1.29, 1.82) is 0 Å². The summed E-state index contributed by atoms with van der Waals surface area (Å²) in [5.41, 5.74) is 0.945. The number of rotatable bonds is 4. The summed E-state index contributed by atoms with van der Waals surface area (Å²) in [6, 6.07) is 2.14. The minimum absolute atomic E-state index is 0.0144. The van der Waals surface area contributed by atoms with E-state index in [0.717, 1.165) is 18.5 Å². The van der Waals surface area contributed by atoms with Gasteiger partial charge in [-0.05, 0) is 39.7 Å². The van der Waals surface area contributed by atoms with Crippen molar-refractivity contribution in [2.75, 3.05) is 26.4 Å². The fourth-order valence-electron chi connectivity index (χ4n) is 3.56. The molecule has 1 aromatic rings. The van der Waals surface area contributed by atoms with E-state index >= 15 is 0 Å². The smallest absolute Gasteiger partial charge is 0.243 e. The topological polar surface area (TPSA) is 67.7 Å². The molecular weight excluding hydrogens is 308 g/mol. The third kappa shape index (κ3) is 3.05. The van der Waals surface area contributed by atoms with Crippen molar-refractivity contribution in [2.45, 2.75) is 45.8 Å². The fourth-order valence-corrected chi connectivity index (χ4v) is 3.56. The average molecular weight is 334 g/mol. The lowest BCUT2D eigenvalue weighted by molar-refractivity contribution is -0.145. The highest BCUT2D eigenvalue weighted by atomic mass is 16.5. The molecule has 2 aliphatic rings. The lowest BCUT2D eigenvalue weighted by atomic mass is 9.90. The van der Waals surface area contributed by atoms with Crippen molar-refractivity contribution >= 4 is 11.8 Å². The molecule has 2 amide bonds. The summed E-state index contributed by atoms with van der Waals surface area (Å²) >= 11 is 0. The van der Waals surface area contributed by atoms with Crippen LogP contribution in [-0.4, -0.2) is 57.8 Å². The van der Waals surface area contributed by atoms with Gasteiger partial charge in [0.05, 0.1) is 18.3 Å². The predicted molar refractivity (Wildman–Crippen MR) is 88.0 cm³/mol. The van der Waals surface area contributed by atoms with Crippen LogP contribution in [0.15, 0.2) is 12.3 Å². The van der Waals surface area contributed by atoms with Crippen LogP contribution < -0.4 is 0 Å². The van der Waals surface area contributed by atoms with Gasteiger partial charge in [0.25, 0.3) is 0 Å². The molecule has 0 aliphatic carbocycles. The van der Waals surface area contributed by atoms with Gasteiger partial charge >= 0.3 is 0 Å². The molecule has 2 aliphatic heterocycles. The largest absolute Gasteiger partial charge is 0.371 e. The van der Waals surface area contributed by atoms with E-state index in [-0.39, 0.29) is 36.4 Å². The summed E-state index contributed by atoms with van der Waals surface area (Å²) in [5, 5.41) is 4.37. The standard InChI is InChI=1S/C17H26N4O3/c1-4-19-11-20(10-15(19)22)17(23)13-6-5-9-24-16(13)14-7-8-18-21(14)12(2)3/h7-8,12-13,16H,4-6,9-11H2,1-3H3/t13-,16-/m1/s1. The first-order valence-electron chi connectivity index (χ1n) is 8.74. The number of ether oxygens (including phenoxy) is 1. The maximum atomic E-state index is 13.0. The third-order valence-corrected chi connectivity index (χ3v) is 4.83.